The van der Waals surface area contributed by atoms with E-state index >= 15 is 0 Å². The molecule has 0 fully saturated rings. The van der Waals surface area contributed by atoms with Gasteiger partial charge in [0.2, 0.25) is 0 Å². The summed E-state index contributed by atoms with van der Waals surface area (Å²) in [5, 5.41) is 9.40. The lowest BCUT2D eigenvalue weighted by Gasteiger charge is -2.15. The van der Waals surface area contributed by atoms with E-state index in [0.29, 0.717) is 13.0 Å². The molecule has 228 valence electrons. The second-order valence-electron chi connectivity index (χ2n) is 10.2. The van der Waals surface area contributed by atoms with Gasteiger partial charge in [-0.25, -0.2) is 0 Å². The lowest BCUT2D eigenvalue weighted by Crippen LogP contribution is -2.27. The number of allylic oxidation sites excluding steroid dienone is 12. The fourth-order valence-electron chi connectivity index (χ4n) is 3.92. The molecule has 4 heteroatoms. The first-order chi connectivity index (χ1) is 19.7. The molecule has 1 unspecified atom stereocenters. The summed E-state index contributed by atoms with van der Waals surface area (Å²) >= 11 is 0. The number of carbonyl (C=O) groups is 1. The molecule has 0 aromatic rings. The van der Waals surface area contributed by atoms with E-state index in [4.69, 9.17) is 9.47 Å². The van der Waals surface area contributed by atoms with Crippen LogP contribution in [0.2, 0.25) is 0 Å². The van der Waals surface area contributed by atoms with E-state index in [-0.39, 0.29) is 19.2 Å². The van der Waals surface area contributed by atoms with Crippen molar-refractivity contribution in [2.45, 2.75) is 129 Å². The lowest BCUT2D eigenvalue weighted by molar-refractivity contribution is -0.154. The zero-order valence-corrected chi connectivity index (χ0v) is 25.8. The highest BCUT2D eigenvalue weighted by molar-refractivity contribution is 5.69. The molecular weight excluding hydrogens is 496 g/mol. The number of hydrogen-bond donors (Lipinski definition) is 1. The lowest BCUT2D eigenvalue weighted by atomic mass is 10.1. The topological polar surface area (TPSA) is 55.8 Å². The van der Waals surface area contributed by atoms with Crippen LogP contribution in [0.4, 0.5) is 0 Å². The molecule has 0 aliphatic carbocycles. The van der Waals surface area contributed by atoms with Gasteiger partial charge in [-0.3, -0.25) is 4.79 Å². The molecule has 0 rings (SSSR count). The van der Waals surface area contributed by atoms with Crippen LogP contribution in [-0.4, -0.2) is 37.0 Å². The van der Waals surface area contributed by atoms with Crippen molar-refractivity contribution in [1.29, 1.82) is 0 Å². The van der Waals surface area contributed by atoms with Gasteiger partial charge in [-0.15, -0.1) is 0 Å². The number of esters is 1. The summed E-state index contributed by atoms with van der Waals surface area (Å²) in [6, 6.07) is 0. The number of hydrogen-bond acceptors (Lipinski definition) is 4. The Morgan fingerprint density at radius 3 is 1.68 bits per heavy atom. The molecule has 0 aromatic heterocycles. The summed E-state index contributed by atoms with van der Waals surface area (Å²) in [6.45, 7) is 5.05. The van der Waals surface area contributed by atoms with E-state index in [2.05, 4.69) is 86.8 Å². The number of carbonyl (C=O) groups excluding carboxylic acids is 1. The van der Waals surface area contributed by atoms with Gasteiger partial charge in [0.1, 0.15) is 6.10 Å². The predicted octanol–water partition coefficient (Wildman–Crippen LogP) is 9.92. The van der Waals surface area contributed by atoms with Gasteiger partial charge in [0.15, 0.2) is 0 Å². The van der Waals surface area contributed by atoms with Crippen LogP contribution in [0.1, 0.15) is 123 Å². The van der Waals surface area contributed by atoms with Crippen molar-refractivity contribution < 1.29 is 19.4 Å². The van der Waals surface area contributed by atoms with Crippen LogP contribution in [0, 0.1) is 0 Å². The van der Waals surface area contributed by atoms with Gasteiger partial charge in [-0.2, -0.15) is 0 Å². The van der Waals surface area contributed by atoms with Crippen molar-refractivity contribution in [2.24, 2.45) is 0 Å². The third-order valence-corrected chi connectivity index (χ3v) is 6.30. The average molecular weight is 557 g/mol. The molecule has 0 amide bonds. The Hall–Kier alpha value is -2.17. The fraction of sp³-hybridized carbons (Fsp3) is 0.639. The van der Waals surface area contributed by atoms with Crippen LogP contribution >= 0.6 is 0 Å². The number of unbranched alkanes of at least 4 members (excludes halogenated alkanes) is 8. The third kappa shape index (κ3) is 30.4. The Labute approximate surface area is 247 Å². The summed E-state index contributed by atoms with van der Waals surface area (Å²) in [7, 11) is 0. The van der Waals surface area contributed by atoms with Gasteiger partial charge in [-0.05, 0) is 64.2 Å². The highest BCUT2D eigenvalue weighted by atomic mass is 16.6. The summed E-state index contributed by atoms with van der Waals surface area (Å²) < 4.78 is 10.9. The van der Waals surface area contributed by atoms with E-state index in [0.717, 1.165) is 83.5 Å². The molecule has 0 aliphatic heterocycles. The second-order valence-corrected chi connectivity index (χ2v) is 10.2. The molecular formula is C36H60O4. The molecule has 0 bridgehead atoms. The van der Waals surface area contributed by atoms with Crippen molar-refractivity contribution in [3.63, 3.8) is 0 Å². The van der Waals surface area contributed by atoms with Gasteiger partial charge in [0, 0.05) is 13.0 Å². The van der Waals surface area contributed by atoms with Crippen LogP contribution in [0.25, 0.3) is 0 Å². The monoisotopic (exact) mass is 556 g/mol. The van der Waals surface area contributed by atoms with Gasteiger partial charge in [0.25, 0.3) is 0 Å². The zero-order valence-electron chi connectivity index (χ0n) is 25.8. The molecule has 0 saturated heterocycles. The molecule has 40 heavy (non-hydrogen) atoms. The Kier molecular flexibility index (Phi) is 31.2. The largest absolute Gasteiger partial charge is 0.457 e. The molecule has 0 aromatic carbocycles. The maximum absolute atomic E-state index is 11.8. The molecule has 0 aliphatic rings. The maximum Gasteiger partial charge on any atom is 0.306 e. The first-order valence-electron chi connectivity index (χ1n) is 16.0. The van der Waals surface area contributed by atoms with Crippen LogP contribution < -0.4 is 0 Å². The third-order valence-electron chi connectivity index (χ3n) is 6.30. The van der Waals surface area contributed by atoms with E-state index in [9.17, 15) is 9.90 Å². The highest BCUT2D eigenvalue weighted by Crippen LogP contribution is 2.08. The van der Waals surface area contributed by atoms with E-state index < -0.39 is 6.10 Å². The average Bonchev–Trinajstić information content (AvgIpc) is 2.96. The Morgan fingerprint density at radius 1 is 0.625 bits per heavy atom. The van der Waals surface area contributed by atoms with Crippen molar-refractivity contribution in [1.82, 2.24) is 0 Å². The van der Waals surface area contributed by atoms with Gasteiger partial charge >= 0.3 is 5.97 Å². The predicted molar refractivity (Wildman–Crippen MR) is 172 cm³/mol. The number of aliphatic hydroxyl groups excluding tert-OH is 1. The molecule has 0 radical (unpaired) electrons. The fourth-order valence-corrected chi connectivity index (χ4v) is 3.92. The number of aliphatic hydroxyl groups is 1. The van der Waals surface area contributed by atoms with Gasteiger partial charge in [-0.1, -0.05) is 125 Å². The molecule has 4 nitrogen and oxygen atoms in total. The maximum atomic E-state index is 11.8. The van der Waals surface area contributed by atoms with Crippen LogP contribution in [0.3, 0.4) is 0 Å². The number of rotatable bonds is 28. The van der Waals surface area contributed by atoms with Crippen molar-refractivity contribution in [3.8, 4) is 0 Å². The minimum Gasteiger partial charge on any atom is -0.457 e. The van der Waals surface area contributed by atoms with E-state index in [1.807, 2.05) is 0 Å². The van der Waals surface area contributed by atoms with E-state index in [1.54, 1.807) is 0 Å². The quantitative estimate of drug-likeness (QED) is 0.0592. The highest BCUT2D eigenvalue weighted by Gasteiger charge is 2.13. The summed E-state index contributed by atoms with van der Waals surface area (Å²) in [5.41, 5.74) is 0. The van der Waals surface area contributed by atoms with Gasteiger partial charge < -0.3 is 14.6 Å². The van der Waals surface area contributed by atoms with Crippen molar-refractivity contribution >= 4 is 5.97 Å². The van der Waals surface area contributed by atoms with Crippen molar-refractivity contribution in [2.75, 3.05) is 19.8 Å². The smallest absolute Gasteiger partial charge is 0.306 e. The Balaban J connectivity index is 3.53. The van der Waals surface area contributed by atoms with Crippen LogP contribution in [-0.2, 0) is 14.3 Å². The molecule has 0 heterocycles. The van der Waals surface area contributed by atoms with Crippen molar-refractivity contribution in [3.05, 3.63) is 72.9 Å². The van der Waals surface area contributed by atoms with Gasteiger partial charge in [0.05, 0.1) is 13.2 Å². The standard InChI is InChI=1S/C36H60O4/c1-3-5-7-9-10-11-12-13-14-15-16-17-18-19-20-21-22-23-24-25-26-27-28-30-32-39-34-35(33-37)40-36(38)31-29-8-6-4-2/h5,7,10-11,13-14,16-17,19-20,22-23,35,37H,3-4,6,8-9,12,15,18,21,24-34H2,1-2H3/b7-5-,11-10-,14-13-,17-16-,20-19-,23-22-. The summed E-state index contributed by atoms with van der Waals surface area (Å²) in [4.78, 5) is 11.8. The Bertz CT molecular complexity index is 714. The summed E-state index contributed by atoms with van der Waals surface area (Å²) in [6.07, 6.45) is 44.0. The zero-order chi connectivity index (χ0) is 29.2. The normalized spacial score (nSPS) is 13.4. The molecule has 0 saturated carbocycles. The molecule has 0 spiro atoms. The first kappa shape index (κ1) is 37.8. The van der Waals surface area contributed by atoms with E-state index in [1.165, 1.54) is 19.3 Å². The summed E-state index contributed by atoms with van der Waals surface area (Å²) in [5.74, 6) is -0.231. The minimum atomic E-state index is -0.542. The van der Waals surface area contributed by atoms with Crippen LogP contribution in [0.5, 0.6) is 0 Å². The molecule has 1 N–H and O–H groups in total. The SMILES string of the molecule is CC/C=C\C/C=C\C/C=C\C/C=C\C/C=C\C/C=C\CCCCCCCOCC(CO)OC(=O)CCCCCC. The first-order valence-corrected chi connectivity index (χ1v) is 16.0. The second kappa shape index (κ2) is 33.0. The minimum absolute atomic E-state index is 0.185. The molecule has 1 atom stereocenters. The van der Waals surface area contributed by atoms with Crippen LogP contribution in [0.15, 0.2) is 72.9 Å². The Morgan fingerprint density at radius 2 is 1.12 bits per heavy atom. The number of ether oxygens (including phenoxy) is 2.